The van der Waals surface area contributed by atoms with Gasteiger partial charge in [0.25, 0.3) is 0 Å². The normalized spacial score (nSPS) is 13.8. The summed E-state index contributed by atoms with van der Waals surface area (Å²) in [5.74, 6) is -0.0185. The molecule has 2 aromatic heterocycles. The van der Waals surface area contributed by atoms with Crippen molar-refractivity contribution in [3.05, 3.63) is 64.6 Å². The zero-order valence-electron chi connectivity index (χ0n) is 20.1. The van der Waals surface area contributed by atoms with Crippen molar-refractivity contribution in [2.75, 3.05) is 15.8 Å². The first-order chi connectivity index (χ1) is 17.2. The molecule has 4 rings (SSSR count). The molecule has 1 amide bonds. The number of nitrogens with one attached hydrogen (secondary N) is 2. The third-order valence-electron chi connectivity index (χ3n) is 5.66. The first-order valence-electron chi connectivity index (χ1n) is 11.6. The van der Waals surface area contributed by atoms with E-state index in [1.165, 1.54) is 23.9 Å². The van der Waals surface area contributed by atoms with Gasteiger partial charge in [0.15, 0.2) is 0 Å². The Balaban J connectivity index is 1.37. The van der Waals surface area contributed by atoms with Gasteiger partial charge in [-0.3, -0.25) is 13.9 Å². The molecule has 2 heterocycles. The molecule has 0 atom stereocenters. The second-order valence-corrected chi connectivity index (χ2v) is 11.3. The molecule has 0 spiro atoms. The number of aryl methyl sites for hydroxylation is 4. The molecule has 1 aromatic carbocycles. The van der Waals surface area contributed by atoms with E-state index in [2.05, 4.69) is 26.1 Å². The maximum Gasteiger partial charge on any atom is 0.242 e. The number of carbonyl (C=O) groups excluding carboxylic acids is 1. The minimum atomic E-state index is -3.39. The van der Waals surface area contributed by atoms with E-state index in [1.807, 2.05) is 6.07 Å². The van der Waals surface area contributed by atoms with Gasteiger partial charge in [-0.2, -0.15) is 5.26 Å². The average Bonchev–Trinajstić information content (AvgIpc) is 3.06. The van der Waals surface area contributed by atoms with Gasteiger partial charge in [0.05, 0.1) is 16.2 Å². The van der Waals surface area contributed by atoms with E-state index in [0.29, 0.717) is 27.7 Å². The number of hydrogen-bond donors (Lipinski definition) is 4. The predicted octanol–water partition coefficient (Wildman–Crippen LogP) is 5.50. The molecule has 0 saturated heterocycles. The number of carbonyl (C=O) groups is 1. The first-order valence-corrected chi connectivity index (χ1v) is 14.1. The maximum absolute atomic E-state index is 12.6. The maximum atomic E-state index is 12.6. The van der Waals surface area contributed by atoms with Crippen molar-refractivity contribution < 1.29 is 13.9 Å². The Labute approximate surface area is 216 Å². The standard InChI is InChI=1S/C25H28N6O3S2/c1-16-12-17(2)28-25(27-16)31-36(33,34)21-10-8-20(9-11-21)29-23(32)15-35-24-19(14-26)13-18-6-4-3-5-7-22(18)30-24/h8-13,33-34H,3-7,15H2,1-2H3,(H,29,32)(H,27,28,31). The summed E-state index contributed by atoms with van der Waals surface area (Å²) in [6, 6.07) is 12.2. The molecular formula is C25H28N6O3S2. The molecule has 3 aromatic rings. The van der Waals surface area contributed by atoms with Crippen molar-refractivity contribution >= 4 is 40.1 Å². The Morgan fingerprint density at radius 1 is 1.06 bits per heavy atom. The smallest absolute Gasteiger partial charge is 0.242 e. The zero-order valence-corrected chi connectivity index (χ0v) is 21.7. The van der Waals surface area contributed by atoms with E-state index in [4.69, 9.17) is 4.98 Å². The summed E-state index contributed by atoms with van der Waals surface area (Å²) in [6.07, 6.45) is 5.20. The summed E-state index contributed by atoms with van der Waals surface area (Å²) in [7, 11) is -3.39. The lowest BCUT2D eigenvalue weighted by Crippen LogP contribution is -2.15. The van der Waals surface area contributed by atoms with Crippen LogP contribution in [0.5, 0.6) is 0 Å². The van der Waals surface area contributed by atoms with Gasteiger partial charge in [-0.15, -0.1) is 0 Å². The molecule has 0 aliphatic heterocycles. The number of anilines is 2. The Hall–Kier alpha value is -3.17. The van der Waals surface area contributed by atoms with Crippen molar-refractivity contribution in [2.45, 2.75) is 55.9 Å². The van der Waals surface area contributed by atoms with Crippen LogP contribution in [0.4, 0.5) is 11.6 Å². The number of thioether (sulfide) groups is 1. The van der Waals surface area contributed by atoms with Crippen molar-refractivity contribution in [1.82, 2.24) is 15.0 Å². The third kappa shape index (κ3) is 6.53. The monoisotopic (exact) mass is 524 g/mol. The van der Waals surface area contributed by atoms with Gasteiger partial charge in [-0.05, 0) is 81.5 Å². The summed E-state index contributed by atoms with van der Waals surface area (Å²) >= 11 is 1.24. The molecule has 11 heteroatoms. The van der Waals surface area contributed by atoms with E-state index in [-0.39, 0.29) is 22.5 Å². The van der Waals surface area contributed by atoms with Gasteiger partial charge in [-0.1, -0.05) is 29.0 Å². The van der Waals surface area contributed by atoms with Crippen LogP contribution in [0.1, 0.15) is 47.5 Å². The molecule has 9 nitrogen and oxygen atoms in total. The van der Waals surface area contributed by atoms with E-state index in [0.717, 1.165) is 43.4 Å². The molecular weight excluding hydrogens is 496 g/mol. The van der Waals surface area contributed by atoms with E-state index >= 15 is 0 Å². The van der Waals surface area contributed by atoms with Crippen molar-refractivity contribution in [3.63, 3.8) is 0 Å². The number of pyridine rings is 1. The summed E-state index contributed by atoms with van der Waals surface area (Å²) < 4.78 is 23.8. The average molecular weight is 525 g/mol. The van der Waals surface area contributed by atoms with E-state index in [1.54, 1.807) is 32.0 Å². The lowest BCUT2D eigenvalue weighted by atomic mass is 10.1. The van der Waals surface area contributed by atoms with Crippen LogP contribution in [-0.4, -0.2) is 35.7 Å². The van der Waals surface area contributed by atoms with Crippen molar-refractivity contribution in [1.29, 1.82) is 5.26 Å². The lowest BCUT2D eigenvalue weighted by molar-refractivity contribution is -0.113. The summed E-state index contributed by atoms with van der Waals surface area (Å²) in [5.41, 5.74) is 4.60. The molecule has 0 bridgehead atoms. The highest BCUT2D eigenvalue weighted by Crippen LogP contribution is 2.47. The number of amides is 1. The summed E-state index contributed by atoms with van der Waals surface area (Å²) in [5, 5.41) is 12.9. The second-order valence-electron chi connectivity index (χ2n) is 8.61. The Bertz CT molecular complexity index is 1290. The van der Waals surface area contributed by atoms with Crippen LogP contribution in [0.25, 0.3) is 0 Å². The van der Waals surface area contributed by atoms with E-state index in [9.17, 15) is 19.2 Å². The number of aromatic nitrogens is 3. The number of hydrogen-bond acceptors (Lipinski definition) is 9. The highest BCUT2D eigenvalue weighted by molar-refractivity contribution is 8.25. The fraction of sp³-hybridized carbons (Fsp3) is 0.320. The molecule has 1 aliphatic carbocycles. The molecule has 0 radical (unpaired) electrons. The highest BCUT2D eigenvalue weighted by atomic mass is 32.3. The minimum absolute atomic E-state index is 0.100. The molecule has 0 unspecified atom stereocenters. The van der Waals surface area contributed by atoms with Crippen LogP contribution in [0, 0.1) is 25.2 Å². The summed E-state index contributed by atoms with van der Waals surface area (Å²) in [4.78, 5) is 25.9. The molecule has 0 saturated carbocycles. The van der Waals surface area contributed by atoms with Gasteiger partial charge in [0.2, 0.25) is 11.9 Å². The molecule has 188 valence electrons. The molecule has 36 heavy (non-hydrogen) atoms. The van der Waals surface area contributed by atoms with Gasteiger partial charge in [0.1, 0.15) is 11.1 Å². The number of rotatable bonds is 7. The minimum Gasteiger partial charge on any atom is -0.325 e. The predicted molar refractivity (Wildman–Crippen MR) is 142 cm³/mol. The zero-order chi connectivity index (χ0) is 25.7. The van der Waals surface area contributed by atoms with Crippen molar-refractivity contribution in [2.24, 2.45) is 0 Å². The van der Waals surface area contributed by atoms with E-state index < -0.39 is 10.8 Å². The third-order valence-corrected chi connectivity index (χ3v) is 8.05. The van der Waals surface area contributed by atoms with Crippen LogP contribution in [-0.2, 0) is 17.6 Å². The number of nitrogens with zero attached hydrogens (tertiary/aromatic N) is 4. The van der Waals surface area contributed by atoms with Gasteiger partial charge >= 0.3 is 0 Å². The quantitative estimate of drug-likeness (QED) is 0.233. The largest absolute Gasteiger partial charge is 0.325 e. The lowest BCUT2D eigenvalue weighted by Gasteiger charge is -2.32. The van der Waals surface area contributed by atoms with Gasteiger partial charge in [-0.25, -0.2) is 19.7 Å². The fourth-order valence-electron chi connectivity index (χ4n) is 4.00. The Morgan fingerprint density at radius 3 is 2.44 bits per heavy atom. The Kier molecular flexibility index (Phi) is 8.11. The number of fused-ring (bicyclic) bond motifs is 1. The van der Waals surface area contributed by atoms with Crippen LogP contribution < -0.4 is 10.0 Å². The van der Waals surface area contributed by atoms with Gasteiger partial charge < -0.3 is 5.32 Å². The summed E-state index contributed by atoms with van der Waals surface area (Å²) in [6.45, 7) is 3.59. The highest BCUT2D eigenvalue weighted by Gasteiger charge is 2.18. The van der Waals surface area contributed by atoms with Gasteiger partial charge in [0, 0.05) is 22.8 Å². The van der Waals surface area contributed by atoms with Crippen LogP contribution >= 0.6 is 22.5 Å². The SMILES string of the molecule is Cc1cc(C)nc(NS(O)(O)c2ccc(NC(=O)CSc3nc4c(cc3C#N)CCCCC4)cc2)n1. The van der Waals surface area contributed by atoms with Crippen LogP contribution in [0.3, 0.4) is 0 Å². The molecule has 1 aliphatic rings. The Morgan fingerprint density at radius 2 is 1.75 bits per heavy atom. The second kappa shape index (κ2) is 11.3. The molecule has 4 N–H and O–H groups in total. The topological polar surface area (TPSA) is 144 Å². The van der Waals surface area contributed by atoms with Crippen LogP contribution in [0.2, 0.25) is 0 Å². The molecule has 0 fully saturated rings. The number of benzene rings is 1. The van der Waals surface area contributed by atoms with Crippen molar-refractivity contribution in [3.8, 4) is 6.07 Å². The van der Waals surface area contributed by atoms with Crippen LogP contribution in [0.15, 0.2) is 46.3 Å². The fourth-order valence-corrected chi connectivity index (χ4v) is 5.75. The number of nitriles is 1. The first kappa shape index (κ1) is 25.9.